The number of halogens is 3. The van der Waals surface area contributed by atoms with Gasteiger partial charge < -0.3 is 5.11 Å². The molecule has 1 aromatic carbocycles. The average molecular weight is 202 g/mol. The number of benzene rings is 1. The standard InChI is InChI=1S/C9H10BF3O/c1-5(14)6-3-2-4-7(8(6)10)9(11,12)13/h2-5,14H,10H2,1H3/t5-/m1/s1. The van der Waals surface area contributed by atoms with Crippen molar-refractivity contribution in [1.82, 2.24) is 0 Å². The summed E-state index contributed by atoms with van der Waals surface area (Å²) in [6, 6.07) is 3.81. The zero-order chi connectivity index (χ0) is 10.9. The Morgan fingerprint density at radius 2 is 1.93 bits per heavy atom. The highest BCUT2D eigenvalue weighted by atomic mass is 19.4. The second kappa shape index (κ2) is 3.65. The molecule has 0 saturated heterocycles. The summed E-state index contributed by atoms with van der Waals surface area (Å²) in [5, 5.41) is 9.23. The molecule has 0 saturated carbocycles. The van der Waals surface area contributed by atoms with Gasteiger partial charge in [0.2, 0.25) is 0 Å². The van der Waals surface area contributed by atoms with Crippen molar-refractivity contribution < 1.29 is 18.3 Å². The van der Waals surface area contributed by atoms with E-state index in [9.17, 15) is 18.3 Å². The Balaban J connectivity index is 3.28. The van der Waals surface area contributed by atoms with Crippen molar-refractivity contribution in [3.63, 3.8) is 0 Å². The molecule has 0 heterocycles. The fourth-order valence-corrected chi connectivity index (χ4v) is 1.41. The van der Waals surface area contributed by atoms with Gasteiger partial charge >= 0.3 is 6.18 Å². The van der Waals surface area contributed by atoms with Gasteiger partial charge in [-0.05, 0) is 12.5 Å². The zero-order valence-corrected chi connectivity index (χ0v) is 7.89. The lowest BCUT2D eigenvalue weighted by Crippen LogP contribution is -2.24. The van der Waals surface area contributed by atoms with Gasteiger partial charge in [-0.15, -0.1) is 0 Å². The smallest absolute Gasteiger partial charge is 0.389 e. The third-order valence-electron chi connectivity index (χ3n) is 2.13. The van der Waals surface area contributed by atoms with E-state index in [1.807, 2.05) is 0 Å². The van der Waals surface area contributed by atoms with E-state index >= 15 is 0 Å². The predicted octanol–water partition coefficient (Wildman–Crippen LogP) is 1.02. The third kappa shape index (κ3) is 2.09. The van der Waals surface area contributed by atoms with Crippen LogP contribution in [0.5, 0.6) is 0 Å². The molecule has 0 aliphatic carbocycles. The van der Waals surface area contributed by atoms with Crippen LogP contribution in [0.3, 0.4) is 0 Å². The molecule has 0 amide bonds. The predicted molar refractivity (Wildman–Crippen MR) is 50.3 cm³/mol. The molecule has 1 N–H and O–H groups in total. The highest BCUT2D eigenvalue weighted by molar-refractivity contribution is 6.34. The zero-order valence-electron chi connectivity index (χ0n) is 7.89. The quantitative estimate of drug-likeness (QED) is 0.674. The maximum Gasteiger partial charge on any atom is 0.415 e. The molecule has 1 nitrogen and oxygen atoms in total. The van der Waals surface area contributed by atoms with Gasteiger partial charge in [0.05, 0.1) is 6.10 Å². The van der Waals surface area contributed by atoms with E-state index in [1.54, 1.807) is 0 Å². The Morgan fingerprint density at radius 3 is 2.36 bits per heavy atom. The van der Waals surface area contributed by atoms with Gasteiger partial charge in [-0.2, -0.15) is 13.2 Å². The van der Waals surface area contributed by atoms with Crippen molar-refractivity contribution in [3.8, 4) is 0 Å². The van der Waals surface area contributed by atoms with E-state index in [-0.39, 0.29) is 5.46 Å². The molecule has 0 radical (unpaired) electrons. The molecule has 0 spiro atoms. The van der Waals surface area contributed by atoms with Crippen molar-refractivity contribution in [2.24, 2.45) is 0 Å². The molecular formula is C9H10BF3O. The topological polar surface area (TPSA) is 20.2 Å². The van der Waals surface area contributed by atoms with Crippen molar-refractivity contribution >= 4 is 13.3 Å². The van der Waals surface area contributed by atoms with Gasteiger partial charge in [-0.1, -0.05) is 23.7 Å². The number of rotatable bonds is 1. The summed E-state index contributed by atoms with van der Waals surface area (Å²) < 4.78 is 37.2. The van der Waals surface area contributed by atoms with E-state index < -0.39 is 17.8 Å². The normalized spacial score (nSPS) is 14.1. The summed E-state index contributed by atoms with van der Waals surface area (Å²) in [5.41, 5.74) is -0.272. The number of alkyl halides is 3. The lowest BCUT2D eigenvalue weighted by Gasteiger charge is -2.15. The van der Waals surface area contributed by atoms with Crippen molar-refractivity contribution in [2.75, 3.05) is 0 Å². The van der Waals surface area contributed by atoms with Crippen LogP contribution in [-0.4, -0.2) is 13.0 Å². The van der Waals surface area contributed by atoms with Crippen molar-refractivity contribution in [3.05, 3.63) is 29.3 Å². The van der Waals surface area contributed by atoms with Crippen LogP contribution in [-0.2, 0) is 6.18 Å². The highest BCUT2D eigenvalue weighted by Crippen LogP contribution is 2.28. The first kappa shape index (κ1) is 11.1. The van der Waals surface area contributed by atoms with Gasteiger partial charge in [0, 0.05) is 5.56 Å². The molecule has 0 aliphatic heterocycles. The minimum Gasteiger partial charge on any atom is -0.389 e. The number of aliphatic hydroxyl groups is 1. The molecule has 0 bridgehead atoms. The largest absolute Gasteiger partial charge is 0.415 e. The van der Waals surface area contributed by atoms with E-state index in [2.05, 4.69) is 0 Å². The first-order chi connectivity index (χ1) is 6.34. The van der Waals surface area contributed by atoms with Gasteiger partial charge in [0.25, 0.3) is 0 Å². The SMILES string of the molecule is Bc1c([C@@H](C)O)cccc1C(F)(F)F. The molecule has 1 rings (SSSR count). The van der Waals surface area contributed by atoms with Gasteiger partial charge in [0.15, 0.2) is 0 Å². The van der Waals surface area contributed by atoms with Crippen LogP contribution in [0.2, 0.25) is 0 Å². The van der Waals surface area contributed by atoms with E-state index in [1.165, 1.54) is 26.9 Å². The van der Waals surface area contributed by atoms with Crippen LogP contribution in [0, 0.1) is 0 Å². The minimum absolute atomic E-state index is 0.0926. The van der Waals surface area contributed by atoms with Crippen molar-refractivity contribution in [1.29, 1.82) is 0 Å². The van der Waals surface area contributed by atoms with Crippen LogP contribution < -0.4 is 5.46 Å². The second-order valence-electron chi connectivity index (χ2n) is 3.19. The summed E-state index contributed by atoms with van der Waals surface area (Å²) in [6.07, 6.45) is -5.23. The van der Waals surface area contributed by atoms with Crippen LogP contribution in [0.25, 0.3) is 0 Å². The van der Waals surface area contributed by atoms with Crippen LogP contribution >= 0.6 is 0 Å². The first-order valence-corrected chi connectivity index (χ1v) is 4.19. The Kier molecular flexibility index (Phi) is 2.90. The van der Waals surface area contributed by atoms with E-state index in [0.29, 0.717) is 5.56 Å². The molecule has 0 fully saturated rings. The lowest BCUT2D eigenvalue weighted by atomic mass is 9.84. The van der Waals surface area contributed by atoms with E-state index in [4.69, 9.17) is 0 Å². The monoisotopic (exact) mass is 202 g/mol. The van der Waals surface area contributed by atoms with Gasteiger partial charge in [-0.3, -0.25) is 0 Å². The Morgan fingerprint density at radius 1 is 1.36 bits per heavy atom. The summed E-state index contributed by atoms with van der Waals surface area (Å²) in [4.78, 5) is 0. The second-order valence-corrected chi connectivity index (χ2v) is 3.19. The minimum atomic E-state index is -4.35. The van der Waals surface area contributed by atoms with E-state index in [0.717, 1.165) is 6.07 Å². The van der Waals surface area contributed by atoms with Crippen LogP contribution in [0.4, 0.5) is 13.2 Å². The van der Waals surface area contributed by atoms with Crippen molar-refractivity contribution in [2.45, 2.75) is 19.2 Å². The number of aliphatic hydroxyl groups excluding tert-OH is 1. The molecule has 1 aromatic rings. The molecule has 0 aliphatic rings. The van der Waals surface area contributed by atoms with Gasteiger partial charge in [0.1, 0.15) is 7.85 Å². The van der Waals surface area contributed by atoms with Crippen LogP contribution in [0.15, 0.2) is 18.2 Å². The molecule has 14 heavy (non-hydrogen) atoms. The Hall–Kier alpha value is -0.965. The third-order valence-corrected chi connectivity index (χ3v) is 2.13. The Bertz CT molecular complexity index is 333. The van der Waals surface area contributed by atoms with Crippen LogP contribution in [0.1, 0.15) is 24.2 Å². The summed E-state index contributed by atoms with van der Waals surface area (Å²) in [5.74, 6) is 0. The maximum absolute atomic E-state index is 12.4. The van der Waals surface area contributed by atoms with Gasteiger partial charge in [-0.25, -0.2) is 0 Å². The number of hydrogen-bond acceptors (Lipinski definition) is 1. The molecule has 0 unspecified atom stereocenters. The maximum atomic E-state index is 12.4. The first-order valence-electron chi connectivity index (χ1n) is 4.19. The molecule has 76 valence electrons. The molecular weight excluding hydrogens is 192 g/mol. The fraction of sp³-hybridized carbons (Fsp3) is 0.333. The Labute approximate surface area is 81.0 Å². The highest BCUT2D eigenvalue weighted by Gasteiger charge is 2.32. The molecule has 5 heteroatoms. The average Bonchev–Trinajstić information content (AvgIpc) is 2.01. The fourth-order valence-electron chi connectivity index (χ4n) is 1.41. The number of hydrogen-bond donors (Lipinski definition) is 1. The summed E-state index contributed by atoms with van der Waals surface area (Å²) >= 11 is 0. The lowest BCUT2D eigenvalue weighted by molar-refractivity contribution is -0.136. The summed E-state index contributed by atoms with van der Waals surface area (Å²) in [6.45, 7) is 1.45. The molecule has 0 aromatic heterocycles. The molecule has 1 atom stereocenters. The summed E-state index contributed by atoms with van der Waals surface area (Å²) in [7, 11) is 1.37.